The Morgan fingerprint density at radius 2 is 2.12 bits per heavy atom. The van der Waals surface area contributed by atoms with E-state index in [9.17, 15) is 4.79 Å². The highest BCUT2D eigenvalue weighted by Gasteiger charge is 2.33. The lowest BCUT2D eigenvalue weighted by atomic mass is 9.83. The number of likely N-dealkylation sites (tertiary alicyclic amines) is 1. The Balaban J connectivity index is 1.60. The highest BCUT2D eigenvalue weighted by atomic mass is 16.5. The largest absolute Gasteiger partial charge is 0.494 e. The zero-order valence-corrected chi connectivity index (χ0v) is 15.3. The Labute approximate surface area is 150 Å². The zero-order valence-electron chi connectivity index (χ0n) is 15.3. The maximum absolute atomic E-state index is 10.9. The number of fused-ring (bicyclic) bond motifs is 1. The van der Waals surface area contributed by atoms with E-state index in [4.69, 9.17) is 9.84 Å². The number of carbonyl (C=O) groups is 1. The van der Waals surface area contributed by atoms with Gasteiger partial charge in [0.15, 0.2) is 0 Å². The molecule has 1 atom stereocenters. The van der Waals surface area contributed by atoms with Crippen molar-refractivity contribution in [3.05, 3.63) is 34.9 Å². The molecule has 2 aliphatic rings. The van der Waals surface area contributed by atoms with Gasteiger partial charge in [-0.3, -0.25) is 9.69 Å². The van der Waals surface area contributed by atoms with E-state index in [0.717, 1.165) is 31.7 Å². The topological polar surface area (TPSA) is 49.8 Å². The number of carboxylic acids is 1. The summed E-state index contributed by atoms with van der Waals surface area (Å²) in [5.41, 5.74) is 4.05. The first kappa shape index (κ1) is 18.0. The number of aliphatic carboxylic acids is 1. The van der Waals surface area contributed by atoms with Crippen molar-refractivity contribution in [2.75, 3.05) is 26.2 Å². The summed E-state index contributed by atoms with van der Waals surface area (Å²) in [6, 6.07) is 6.42. The van der Waals surface area contributed by atoms with Crippen molar-refractivity contribution in [1.29, 1.82) is 0 Å². The minimum absolute atomic E-state index is 0.181. The van der Waals surface area contributed by atoms with Crippen LogP contribution >= 0.6 is 0 Å². The van der Waals surface area contributed by atoms with Crippen molar-refractivity contribution >= 4 is 12.0 Å². The zero-order chi connectivity index (χ0) is 17.8. The highest BCUT2D eigenvalue weighted by molar-refractivity contribution is 5.71. The molecule has 1 heterocycles. The lowest BCUT2D eigenvalue weighted by molar-refractivity contribution is -0.147. The fourth-order valence-corrected chi connectivity index (χ4v) is 3.65. The Kier molecular flexibility index (Phi) is 5.79. The van der Waals surface area contributed by atoms with Crippen molar-refractivity contribution in [2.45, 2.75) is 39.5 Å². The summed E-state index contributed by atoms with van der Waals surface area (Å²) < 4.78 is 5.88. The predicted molar refractivity (Wildman–Crippen MR) is 99.9 cm³/mol. The molecule has 4 nitrogen and oxygen atoms in total. The first-order valence-electron chi connectivity index (χ1n) is 9.48. The maximum atomic E-state index is 10.9. The van der Waals surface area contributed by atoms with Gasteiger partial charge in [-0.25, -0.2) is 0 Å². The average molecular weight is 343 g/mol. The molecular weight excluding hydrogens is 314 g/mol. The van der Waals surface area contributed by atoms with Crippen LogP contribution in [0.4, 0.5) is 0 Å². The van der Waals surface area contributed by atoms with E-state index >= 15 is 0 Å². The molecule has 1 aromatic carbocycles. The van der Waals surface area contributed by atoms with Gasteiger partial charge in [-0.2, -0.15) is 0 Å². The average Bonchev–Trinajstić information content (AvgIpc) is 2.54. The van der Waals surface area contributed by atoms with Crippen molar-refractivity contribution in [3.63, 3.8) is 0 Å². The van der Waals surface area contributed by atoms with Crippen LogP contribution in [0.2, 0.25) is 0 Å². The lowest BCUT2D eigenvalue weighted by Crippen LogP contribution is -2.51. The van der Waals surface area contributed by atoms with Crippen LogP contribution in [0.5, 0.6) is 5.75 Å². The van der Waals surface area contributed by atoms with E-state index in [-0.39, 0.29) is 5.92 Å². The molecule has 0 saturated carbocycles. The highest BCUT2D eigenvalue weighted by Crippen LogP contribution is 2.32. The third-order valence-electron chi connectivity index (χ3n) is 5.34. The van der Waals surface area contributed by atoms with Gasteiger partial charge < -0.3 is 9.84 Å². The number of nitrogens with zero attached hydrogens (tertiary/aromatic N) is 1. The number of ether oxygens (including phenoxy) is 1. The number of hydrogen-bond donors (Lipinski definition) is 1. The second-order valence-electron chi connectivity index (χ2n) is 7.47. The summed E-state index contributed by atoms with van der Waals surface area (Å²) in [5.74, 6) is 0.621. The Morgan fingerprint density at radius 1 is 1.32 bits per heavy atom. The summed E-state index contributed by atoms with van der Waals surface area (Å²) in [7, 11) is 0. The summed E-state index contributed by atoms with van der Waals surface area (Å²) in [6.45, 7) is 7.50. The molecule has 0 spiro atoms. The molecule has 1 aromatic rings. The number of hydrogen-bond acceptors (Lipinski definition) is 3. The Hall–Kier alpha value is -1.81. The van der Waals surface area contributed by atoms with Gasteiger partial charge >= 0.3 is 5.97 Å². The van der Waals surface area contributed by atoms with Crippen LogP contribution in [0.15, 0.2) is 23.8 Å². The summed E-state index contributed by atoms with van der Waals surface area (Å²) in [6.07, 6.45) is 6.86. The van der Waals surface area contributed by atoms with E-state index in [1.165, 1.54) is 29.5 Å². The fourth-order valence-electron chi connectivity index (χ4n) is 3.65. The number of rotatable bonds is 8. The van der Waals surface area contributed by atoms with Crippen LogP contribution in [0, 0.1) is 11.8 Å². The lowest BCUT2D eigenvalue weighted by Gasteiger charge is -2.38. The second kappa shape index (κ2) is 8.05. The van der Waals surface area contributed by atoms with E-state index in [1.807, 2.05) is 0 Å². The molecule has 1 aliphatic heterocycles. The predicted octanol–water partition coefficient (Wildman–Crippen LogP) is 3.85. The fraction of sp³-hybridized carbons (Fsp3) is 0.571. The molecule has 0 amide bonds. The first-order valence-corrected chi connectivity index (χ1v) is 9.48. The third-order valence-corrected chi connectivity index (χ3v) is 5.34. The van der Waals surface area contributed by atoms with Crippen LogP contribution in [0.25, 0.3) is 6.08 Å². The summed E-state index contributed by atoms with van der Waals surface area (Å²) in [5, 5.41) is 9.00. The van der Waals surface area contributed by atoms with Gasteiger partial charge in [0, 0.05) is 19.6 Å². The molecule has 1 fully saturated rings. The molecule has 0 aromatic heterocycles. The molecule has 0 radical (unpaired) electrons. The second-order valence-corrected chi connectivity index (χ2v) is 7.47. The minimum atomic E-state index is -0.668. The number of unbranched alkanes of at least 4 members (excludes halogenated alkanes) is 2. The van der Waals surface area contributed by atoms with Crippen LogP contribution in [-0.2, 0) is 11.2 Å². The van der Waals surface area contributed by atoms with Gasteiger partial charge in [0.25, 0.3) is 0 Å². The molecule has 136 valence electrons. The smallest absolute Gasteiger partial charge is 0.309 e. The van der Waals surface area contributed by atoms with E-state index in [0.29, 0.717) is 19.0 Å². The third kappa shape index (κ3) is 4.43. The monoisotopic (exact) mass is 343 g/mol. The van der Waals surface area contributed by atoms with Gasteiger partial charge in [-0.05, 0) is 42.0 Å². The molecular formula is C21H29NO3. The van der Waals surface area contributed by atoms with Crippen LogP contribution < -0.4 is 4.74 Å². The van der Waals surface area contributed by atoms with E-state index < -0.39 is 5.97 Å². The van der Waals surface area contributed by atoms with Crippen molar-refractivity contribution in [1.82, 2.24) is 4.90 Å². The van der Waals surface area contributed by atoms with Crippen molar-refractivity contribution in [3.8, 4) is 5.75 Å². The Morgan fingerprint density at radius 3 is 2.84 bits per heavy atom. The van der Waals surface area contributed by atoms with Crippen LogP contribution in [0.1, 0.15) is 44.2 Å². The standard InChI is InChI=1S/C21H29NO3/c1-3-4-5-8-25-20-7-6-16-10-18(15(2)9-17(16)11-20)12-22-13-19(14-22)21(23)24/h6-7,10-11,15,19H,3-5,8-9,12-14H2,1-2H3,(H,23,24)/t15-/m1/s1. The molecule has 4 heteroatoms. The summed E-state index contributed by atoms with van der Waals surface area (Å²) in [4.78, 5) is 13.2. The first-order chi connectivity index (χ1) is 12.1. The molecule has 1 N–H and O–H groups in total. The molecule has 0 bridgehead atoms. The van der Waals surface area contributed by atoms with Gasteiger partial charge in [0.2, 0.25) is 0 Å². The minimum Gasteiger partial charge on any atom is -0.494 e. The number of carboxylic acid groups (broad SMARTS) is 1. The van der Waals surface area contributed by atoms with Crippen molar-refractivity contribution in [2.24, 2.45) is 11.8 Å². The molecule has 1 aliphatic carbocycles. The van der Waals surface area contributed by atoms with Gasteiger partial charge in [-0.1, -0.05) is 44.4 Å². The van der Waals surface area contributed by atoms with E-state index in [2.05, 4.69) is 43.0 Å². The summed E-state index contributed by atoms with van der Waals surface area (Å²) >= 11 is 0. The SMILES string of the molecule is CCCCCOc1ccc2c(c1)C[C@@H](C)C(CN1CC(C(=O)O)C1)=C2. The van der Waals surface area contributed by atoms with Crippen LogP contribution in [-0.4, -0.2) is 42.2 Å². The normalized spacial score (nSPS) is 20.6. The quantitative estimate of drug-likeness (QED) is 0.729. The molecule has 3 rings (SSSR count). The van der Waals surface area contributed by atoms with Crippen LogP contribution in [0.3, 0.4) is 0 Å². The van der Waals surface area contributed by atoms with E-state index in [1.54, 1.807) is 0 Å². The van der Waals surface area contributed by atoms with Gasteiger partial charge in [-0.15, -0.1) is 0 Å². The Bertz CT molecular complexity index is 647. The number of benzene rings is 1. The molecule has 0 unspecified atom stereocenters. The maximum Gasteiger partial charge on any atom is 0.309 e. The molecule has 1 saturated heterocycles. The molecule has 25 heavy (non-hydrogen) atoms. The van der Waals surface area contributed by atoms with Gasteiger partial charge in [0.1, 0.15) is 5.75 Å². The van der Waals surface area contributed by atoms with Gasteiger partial charge in [0.05, 0.1) is 12.5 Å². The van der Waals surface area contributed by atoms with Crippen molar-refractivity contribution < 1.29 is 14.6 Å².